The zero-order chi connectivity index (χ0) is 57.5. The average molecular weight is 1120 g/mol. The zero-order valence-electron chi connectivity index (χ0n) is 51.4. The van der Waals surface area contributed by atoms with Crippen LogP contribution in [0.4, 0.5) is 0 Å². The second-order valence-corrected chi connectivity index (χ2v) is 23.5. The molecule has 0 bridgehead atoms. The third kappa shape index (κ3) is 45.6. The van der Waals surface area contributed by atoms with E-state index in [0.29, 0.717) is 19.3 Å². The number of aliphatic carboxylic acids is 1. The lowest BCUT2D eigenvalue weighted by atomic mass is 9.98. The van der Waals surface area contributed by atoms with Crippen LogP contribution in [0.3, 0.4) is 0 Å². The van der Waals surface area contributed by atoms with Crippen LogP contribution in [0.25, 0.3) is 0 Å². The molecule has 0 aliphatic carbocycles. The molecular weight excluding hydrogens is 997 g/mol. The van der Waals surface area contributed by atoms with E-state index in [-0.39, 0.29) is 25.9 Å². The summed E-state index contributed by atoms with van der Waals surface area (Å²) < 4.78 is 28.6. The Morgan fingerprint density at radius 2 is 0.722 bits per heavy atom. The van der Waals surface area contributed by atoms with Crippen molar-refractivity contribution in [2.45, 2.75) is 379 Å². The van der Waals surface area contributed by atoms with E-state index in [4.69, 9.17) is 23.7 Å². The maximum absolute atomic E-state index is 13.2. The summed E-state index contributed by atoms with van der Waals surface area (Å²) in [5.41, 5.74) is 0. The van der Waals surface area contributed by atoms with Gasteiger partial charge < -0.3 is 39.0 Å². The fourth-order valence-corrected chi connectivity index (χ4v) is 10.7. The standard InChI is InChI=1S/C67H124O12/c1-4-7-10-13-16-19-22-25-27-29-30-32-34-37-40-43-46-49-52-55-61(70)78-65-63(72)62(71)64(66(73)74)79-67(65)76-57-58(77-60(69)54-51-48-45-42-39-35-24-21-18-15-12-9-6-3)56-75-59(68)53-50-47-44-41-38-36-33-31-28-26-23-20-17-14-11-8-5-2/h21,24,58,62-65,67,71-72H,4-20,22-23,25-57H2,1-3H3,(H,73,74)/b24-21-. The largest absolute Gasteiger partial charge is 0.479 e. The molecule has 0 spiro atoms. The van der Waals surface area contributed by atoms with E-state index < -0.39 is 67.3 Å². The molecule has 6 unspecified atom stereocenters. The van der Waals surface area contributed by atoms with Crippen LogP contribution in [0, 0.1) is 0 Å². The molecule has 0 aromatic carbocycles. The number of aliphatic hydroxyl groups excluding tert-OH is 2. The van der Waals surface area contributed by atoms with Gasteiger partial charge in [-0.25, -0.2) is 4.79 Å². The van der Waals surface area contributed by atoms with Gasteiger partial charge in [0.25, 0.3) is 0 Å². The van der Waals surface area contributed by atoms with Crippen molar-refractivity contribution in [1.29, 1.82) is 0 Å². The molecule has 0 aromatic rings. The quantitative estimate of drug-likeness (QED) is 0.0228. The number of carbonyl (C=O) groups is 4. The van der Waals surface area contributed by atoms with Gasteiger partial charge in [-0.2, -0.15) is 0 Å². The molecule has 79 heavy (non-hydrogen) atoms. The van der Waals surface area contributed by atoms with E-state index in [0.717, 1.165) is 77.0 Å². The Labute approximate surface area is 484 Å². The number of hydrogen-bond donors (Lipinski definition) is 3. The topological polar surface area (TPSA) is 175 Å². The minimum absolute atomic E-state index is 0.0686. The highest BCUT2D eigenvalue weighted by molar-refractivity contribution is 5.74. The summed E-state index contributed by atoms with van der Waals surface area (Å²) >= 11 is 0. The third-order valence-electron chi connectivity index (χ3n) is 15.8. The number of carboxylic acids is 1. The smallest absolute Gasteiger partial charge is 0.335 e. The second-order valence-electron chi connectivity index (χ2n) is 23.5. The molecule has 1 aliphatic heterocycles. The summed E-state index contributed by atoms with van der Waals surface area (Å²) in [5, 5.41) is 31.6. The summed E-state index contributed by atoms with van der Waals surface area (Å²) in [6.45, 7) is 6.04. The van der Waals surface area contributed by atoms with E-state index >= 15 is 0 Å². The van der Waals surface area contributed by atoms with E-state index in [9.17, 15) is 34.5 Å². The number of esters is 3. The first kappa shape index (κ1) is 74.5. The highest BCUT2D eigenvalue weighted by atomic mass is 16.7. The summed E-state index contributed by atoms with van der Waals surface area (Å²) in [6.07, 6.45) is 51.7. The van der Waals surface area contributed by atoms with Crippen molar-refractivity contribution in [2.24, 2.45) is 0 Å². The van der Waals surface area contributed by atoms with Gasteiger partial charge in [0.05, 0.1) is 6.61 Å². The number of hydrogen-bond acceptors (Lipinski definition) is 11. The summed E-state index contributed by atoms with van der Waals surface area (Å²) in [6, 6.07) is 0. The lowest BCUT2D eigenvalue weighted by molar-refractivity contribution is -0.301. The van der Waals surface area contributed by atoms with Crippen molar-refractivity contribution in [3.63, 3.8) is 0 Å². The molecule has 6 atom stereocenters. The van der Waals surface area contributed by atoms with Crippen molar-refractivity contribution in [3.8, 4) is 0 Å². The van der Waals surface area contributed by atoms with E-state index in [1.54, 1.807) is 0 Å². The van der Waals surface area contributed by atoms with Crippen LogP contribution in [0.15, 0.2) is 12.2 Å². The lowest BCUT2D eigenvalue weighted by Crippen LogP contribution is -2.61. The molecule has 1 saturated heterocycles. The fraction of sp³-hybridized carbons (Fsp3) is 0.910. The summed E-state index contributed by atoms with van der Waals surface area (Å²) in [4.78, 5) is 51.3. The molecule has 0 aromatic heterocycles. The van der Waals surface area contributed by atoms with Crippen LogP contribution in [0.1, 0.15) is 342 Å². The molecule has 12 heteroatoms. The van der Waals surface area contributed by atoms with Crippen LogP contribution in [-0.4, -0.2) is 89.2 Å². The maximum atomic E-state index is 13.2. The molecule has 1 rings (SSSR count). The molecular formula is C67H124O12. The van der Waals surface area contributed by atoms with Gasteiger partial charge in [-0.05, 0) is 44.9 Å². The Balaban J connectivity index is 2.60. The minimum Gasteiger partial charge on any atom is -0.479 e. The zero-order valence-corrected chi connectivity index (χ0v) is 51.4. The lowest BCUT2D eigenvalue weighted by Gasteiger charge is -2.40. The predicted octanol–water partition coefficient (Wildman–Crippen LogP) is 18.0. The van der Waals surface area contributed by atoms with Gasteiger partial charge in [0.1, 0.15) is 18.8 Å². The van der Waals surface area contributed by atoms with E-state index in [2.05, 4.69) is 32.9 Å². The highest BCUT2D eigenvalue weighted by Gasteiger charge is 2.50. The minimum atomic E-state index is -1.90. The molecule has 0 saturated carbocycles. The SMILES string of the molecule is CCCCCC/C=C\CCCCCCCC(=O)OC(COC(=O)CCCCCCCCCCCCCCCCCCC)COC1OC(C(=O)O)C(O)C(O)C1OC(=O)CCCCCCCCCCCCCCCCCCCCC. The first-order valence-electron chi connectivity index (χ1n) is 33.7. The van der Waals surface area contributed by atoms with Gasteiger partial charge in [0, 0.05) is 19.3 Å². The van der Waals surface area contributed by atoms with Crippen LogP contribution < -0.4 is 0 Å². The Hall–Kier alpha value is -2.54. The number of aliphatic hydroxyl groups is 2. The second kappa shape index (κ2) is 56.0. The molecule has 12 nitrogen and oxygen atoms in total. The van der Waals surface area contributed by atoms with Crippen molar-refractivity contribution in [1.82, 2.24) is 0 Å². The van der Waals surface area contributed by atoms with Crippen molar-refractivity contribution in [2.75, 3.05) is 13.2 Å². The Bertz CT molecular complexity index is 1420. The average Bonchev–Trinajstić information content (AvgIpc) is 3.43. The van der Waals surface area contributed by atoms with Crippen LogP contribution in [-0.2, 0) is 42.9 Å². The van der Waals surface area contributed by atoms with Gasteiger partial charge in [0.2, 0.25) is 0 Å². The number of carboxylic acid groups (broad SMARTS) is 1. The molecule has 1 fully saturated rings. The first-order chi connectivity index (χ1) is 38.6. The Morgan fingerprint density at radius 3 is 1.09 bits per heavy atom. The maximum Gasteiger partial charge on any atom is 0.335 e. The first-order valence-corrected chi connectivity index (χ1v) is 33.7. The van der Waals surface area contributed by atoms with E-state index in [1.165, 1.54) is 205 Å². The Kier molecular flexibility index (Phi) is 52.8. The molecule has 0 radical (unpaired) electrons. The number of unbranched alkanes of at least 4 members (excludes halogenated alkanes) is 43. The number of ether oxygens (including phenoxy) is 5. The van der Waals surface area contributed by atoms with Gasteiger partial charge in [-0.15, -0.1) is 0 Å². The fourth-order valence-electron chi connectivity index (χ4n) is 10.7. The predicted molar refractivity (Wildman–Crippen MR) is 322 cm³/mol. The Morgan fingerprint density at radius 1 is 0.405 bits per heavy atom. The molecule has 464 valence electrons. The van der Waals surface area contributed by atoms with Gasteiger partial charge in [0.15, 0.2) is 24.6 Å². The summed E-state index contributed by atoms with van der Waals surface area (Å²) in [5.74, 6) is -3.08. The van der Waals surface area contributed by atoms with Crippen LogP contribution >= 0.6 is 0 Å². The highest BCUT2D eigenvalue weighted by Crippen LogP contribution is 2.27. The molecule has 0 amide bonds. The van der Waals surface area contributed by atoms with Gasteiger partial charge in [-0.3, -0.25) is 14.4 Å². The van der Waals surface area contributed by atoms with Crippen LogP contribution in [0.2, 0.25) is 0 Å². The van der Waals surface area contributed by atoms with Crippen molar-refractivity contribution < 1.29 is 58.2 Å². The van der Waals surface area contributed by atoms with Crippen molar-refractivity contribution >= 4 is 23.9 Å². The normalized spacial score (nSPS) is 17.8. The monoisotopic (exact) mass is 1120 g/mol. The third-order valence-corrected chi connectivity index (χ3v) is 15.8. The number of allylic oxidation sites excluding steroid dienone is 2. The molecule has 3 N–H and O–H groups in total. The van der Waals surface area contributed by atoms with Crippen LogP contribution in [0.5, 0.6) is 0 Å². The summed E-state index contributed by atoms with van der Waals surface area (Å²) in [7, 11) is 0. The number of rotatable bonds is 59. The number of carbonyl (C=O) groups excluding carboxylic acids is 3. The molecule has 1 heterocycles. The van der Waals surface area contributed by atoms with Gasteiger partial charge in [-0.1, -0.05) is 290 Å². The van der Waals surface area contributed by atoms with Crippen molar-refractivity contribution in [3.05, 3.63) is 12.2 Å². The molecule has 1 aliphatic rings. The van der Waals surface area contributed by atoms with Gasteiger partial charge >= 0.3 is 23.9 Å². The van der Waals surface area contributed by atoms with E-state index in [1.807, 2.05) is 0 Å².